The second-order valence-corrected chi connectivity index (χ2v) is 4.67. The Labute approximate surface area is 108 Å². The van der Waals surface area contributed by atoms with E-state index < -0.39 is 18.5 Å². The minimum Gasteiger partial charge on any atom is -0.288 e. The van der Waals surface area contributed by atoms with E-state index >= 15 is 0 Å². The maximum absolute atomic E-state index is 13.6. The minimum absolute atomic E-state index is 0.120. The van der Waals surface area contributed by atoms with Gasteiger partial charge >= 0.3 is 6.18 Å². The molecular weight excluding hydrogens is 260 g/mol. The fourth-order valence-corrected chi connectivity index (χ4v) is 1.97. The molecule has 0 unspecified atom stereocenters. The third-order valence-electron chi connectivity index (χ3n) is 2.99. The van der Waals surface area contributed by atoms with Crippen LogP contribution in [0.25, 0.3) is 0 Å². The third-order valence-corrected chi connectivity index (χ3v) is 2.99. The molecule has 1 aliphatic carbocycles. The van der Waals surface area contributed by atoms with Crippen LogP contribution in [0.3, 0.4) is 0 Å². The van der Waals surface area contributed by atoms with Crippen molar-refractivity contribution in [1.82, 2.24) is 4.90 Å². The lowest BCUT2D eigenvalue weighted by Crippen LogP contribution is -2.35. The van der Waals surface area contributed by atoms with Gasteiger partial charge in [-0.05, 0) is 31.0 Å². The van der Waals surface area contributed by atoms with E-state index in [4.69, 9.17) is 5.26 Å². The second kappa shape index (κ2) is 5.17. The van der Waals surface area contributed by atoms with Crippen LogP contribution in [0.4, 0.5) is 17.6 Å². The molecule has 19 heavy (non-hydrogen) atoms. The fraction of sp³-hybridized carbons (Fsp3) is 0.462. The highest BCUT2D eigenvalue weighted by atomic mass is 19.4. The van der Waals surface area contributed by atoms with E-state index in [0.29, 0.717) is 12.8 Å². The molecule has 1 aliphatic rings. The van der Waals surface area contributed by atoms with Crippen molar-refractivity contribution >= 4 is 0 Å². The number of nitriles is 1. The molecule has 0 heterocycles. The number of halogens is 4. The lowest BCUT2D eigenvalue weighted by Gasteiger charge is -2.23. The molecule has 1 aromatic rings. The topological polar surface area (TPSA) is 27.0 Å². The first-order chi connectivity index (χ1) is 8.89. The van der Waals surface area contributed by atoms with Gasteiger partial charge in [-0.2, -0.15) is 18.4 Å². The van der Waals surface area contributed by atoms with Crippen molar-refractivity contribution in [2.45, 2.75) is 31.6 Å². The van der Waals surface area contributed by atoms with Gasteiger partial charge in [-0.1, -0.05) is 0 Å². The monoisotopic (exact) mass is 272 g/mol. The molecule has 0 aromatic heterocycles. The first-order valence-corrected chi connectivity index (χ1v) is 5.88. The van der Waals surface area contributed by atoms with E-state index in [0.717, 1.165) is 6.07 Å². The molecule has 0 N–H and O–H groups in total. The van der Waals surface area contributed by atoms with Gasteiger partial charge in [0.05, 0.1) is 18.2 Å². The summed E-state index contributed by atoms with van der Waals surface area (Å²) in [6.07, 6.45) is -2.89. The van der Waals surface area contributed by atoms with Crippen LogP contribution in [0.1, 0.15) is 24.0 Å². The van der Waals surface area contributed by atoms with E-state index in [-0.39, 0.29) is 23.7 Å². The Bertz CT molecular complexity index is 500. The van der Waals surface area contributed by atoms with Crippen LogP contribution in [-0.2, 0) is 6.54 Å². The van der Waals surface area contributed by atoms with Gasteiger partial charge in [0.25, 0.3) is 0 Å². The predicted octanol–water partition coefficient (Wildman–Crippen LogP) is 3.22. The third kappa shape index (κ3) is 3.93. The Kier molecular flexibility index (Phi) is 3.76. The molecule has 0 radical (unpaired) electrons. The van der Waals surface area contributed by atoms with Crippen LogP contribution >= 0.6 is 0 Å². The highest BCUT2D eigenvalue weighted by molar-refractivity contribution is 5.33. The molecule has 0 saturated heterocycles. The lowest BCUT2D eigenvalue weighted by atomic mass is 10.1. The first kappa shape index (κ1) is 13.8. The van der Waals surface area contributed by atoms with Gasteiger partial charge in [0.2, 0.25) is 0 Å². The largest absolute Gasteiger partial charge is 0.401 e. The quantitative estimate of drug-likeness (QED) is 0.787. The standard InChI is InChI=1S/C13H12F4N2/c14-12-4-1-9(6-18)5-10(12)7-19(11-2-3-11)8-13(15,16)17/h1,4-5,11H,2-3,7-8H2. The van der Waals surface area contributed by atoms with Crippen LogP contribution in [0.2, 0.25) is 0 Å². The van der Waals surface area contributed by atoms with E-state index in [9.17, 15) is 17.6 Å². The average molecular weight is 272 g/mol. The molecule has 2 rings (SSSR count). The lowest BCUT2D eigenvalue weighted by molar-refractivity contribution is -0.148. The second-order valence-electron chi connectivity index (χ2n) is 4.67. The molecule has 1 fully saturated rings. The van der Waals surface area contributed by atoms with Gasteiger partial charge in [0, 0.05) is 18.2 Å². The number of rotatable bonds is 4. The summed E-state index contributed by atoms with van der Waals surface area (Å²) in [6, 6.07) is 5.45. The predicted molar refractivity (Wildman–Crippen MR) is 60.6 cm³/mol. The Morgan fingerprint density at radius 2 is 2.00 bits per heavy atom. The summed E-state index contributed by atoms with van der Waals surface area (Å²) in [5.41, 5.74) is 0.384. The van der Waals surface area contributed by atoms with Gasteiger partial charge in [-0.25, -0.2) is 4.39 Å². The summed E-state index contributed by atoms with van der Waals surface area (Å²) in [6.45, 7) is -1.17. The van der Waals surface area contributed by atoms with Gasteiger partial charge in [-0.3, -0.25) is 4.90 Å². The molecule has 0 spiro atoms. The van der Waals surface area contributed by atoms with Crippen LogP contribution in [0, 0.1) is 17.1 Å². The zero-order chi connectivity index (χ0) is 14.0. The van der Waals surface area contributed by atoms with Crippen molar-refractivity contribution in [3.63, 3.8) is 0 Å². The summed E-state index contributed by atoms with van der Waals surface area (Å²) in [5.74, 6) is -0.577. The van der Waals surface area contributed by atoms with E-state index in [1.807, 2.05) is 6.07 Å². The molecule has 102 valence electrons. The fourth-order valence-electron chi connectivity index (χ4n) is 1.97. The Morgan fingerprint density at radius 3 is 2.53 bits per heavy atom. The molecule has 0 bridgehead atoms. The summed E-state index contributed by atoms with van der Waals surface area (Å²) in [5, 5.41) is 8.73. The smallest absolute Gasteiger partial charge is 0.288 e. The summed E-state index contributed by atoms with van der Waals surface area (Å²) < 4.78 is 50.9. The van der Waals surface area contributed by atoms with E-state index in [1.165, 1.54) is 17.0 Å². The number of nitrogens with zero attached hydrogens (tertiary/aromatic N) is 2. The van der Waals surface area contributed by atoms with Crippen molar-refractivity contribution in [2.24, 2.45) is 0 Å². The van der Waals surface area contributed by atoms with Crippen LogP contribution in [0.15, 0.2) is 18.2 Å². The summed E-state index contributed by atoms with van der Waals surface area (Å²) in [4.78, 5) is 1.22. The number of benzene rings is 1. The molecule has 0 atom stereocenters. The van der Waals surface area contributed by atoms with Gasteiger partial charge in [0.1, 0.15) is 5.82 Å². The first-order valence-electron chi connectivity index (χ1n) is 5.88. The highest BCUT2D eigenvalue weighted by Gasteiger charge is 2.38. The summed E-state index contributed by atoms with van der Waals surface area (Å²) in [7, 11) is 0. The minimum atomic E-state index is -4.30. The molecule has 1 aromatic carbocycles. The molecule has 1 saturated carbocycles. The van der Waals surface area contributed by atoms with Crippen LogP contribution < -0.4 is 0 Å². The zero-order valence-corrected chi connectivity index (χ0v) is 10.0. The van der Waals surface area contributed by atoms with Crippen molar-refractivity contribution in [2.75, 3.05) is 6.54 Å². The van der Waals surface area contributed by atoms with Gasteiger partial charge < -0.3 is 0 Å². The maximum Gasteiger partial charge on any atom is 0.401 e. The van der Waals surface area contributed by atoms with Gasteiger partial charge in [0.15, 0.2) is 0 Å². The Balaban J connectivity index is 2.15. The molecule has 6 heteroatoms. The van der Waals surface area contributed by atoms with Crippen molar-refractivity contribution in [3.05, 3.63) is 35.1 Å². The van der Waals surface area contributed by atoms with Crippen molar-refractivity contribution in [3.8, 4) is 6.07 Å². The van der Waals surface area contributed by atoms with Gasteiger partial charge in [-0.15, -0.1) is 0 Å². The number of hydrogen-bond acceptors (Lipinski definition) is 2. The number of hydrogen-bond donors (Lipinski definition) is 0. The van der Waals surface area contributed by atoms with Crippen molar-refractivity contribution < 1.29 is 17.6 Å². The highest BCUT2D eigenvalue weighted by Crippen LogP contribution is 2.31. The van der Waals surface area contributed by atoms with E-state index in [2.05, 4.69) is 0 Å². The zero-order valence-electron chi connectivity index (χ0n) is 10.0. The average Bonchev–Trinajstić information content (AvgIpc) is 3.13. The van der Waals surface area contributed by atoms with E-state index in [1.54, 1.807) is 0 Å². The molecular formula is C13H12F4N2. The van der Waals surface area contributed by atoms with Crippen molar-refractivity contribution in [1.29, 1.82) is 5.26 Å². The molecule has 2 nitrogen and oxygen atoms in total. The van der Waals surface area contributed by atoms with Crippen LogP contribution in [-0.4, -0.2) is 23.7 Å². The normalized spacial score (nSPS) is 15.6. The number of alkyl halides is 3. The molecule has 0 amide bonds. The summed E-state index contributed by atoms with van der Waals surface area (Å²) >= 11 is 0. The molecule has 0 aliphatic heterocycles. The SMILES string of the molecule is N#Cc1ccc(F)c(CN(CC(F)(F)F)C2CC2)c1. The Hall–Kier alpha value is -1.61. The van der Waals surface area contributed by atoms with Crippen LogP contribution in [0.5, 0.6) is 0 Å². The maximum atomic E-state index is 13.6. The Morgan fingerprint density at radius 1 is 1.32 bits per heavy atom.